The second-order valence-corrected chi connectivity index (χ2v) is 7.32. The smallest absolute Gasteiger partial charge is 0.127 e. The summed E-state index contributed by atoms with van der Waals surface area (Å²) >= 11 is 6.22. The monoisotopic (exact) mass is 311 g/mol. The van der Waals surface area contributed by atoms with Crippen LogP contribution in [0.25, 0.3) is 0 Å². The standard InChI is InChI=1S/C18H27ClFN/c1-13(2)12-18(9-4-5-10-18)17(21-3)11-14-15(19)7-6-8-16(14)20/h6-8,13,17,21H,4-5,9-12H2,1-3H3. The van der Waals surface area contributed by atoms with E-state index >= 15 is 0 Å². The molecule has 0 saturated heterocycles. The first-order valence-electron chi connectivity index (χ1n) is 8.08. The van der Waals surface area contributed by atoms with E-state index in [1.54, 1.807) is 12.1 Å². The molecule has 1 fully saturated rings. The molecule has 1 atom stereocenters. The van der Waals surface area contributed by atoms with Crippen molar-refractivity contribution in [3.63, 3.8) is 0 Å². The van der Waals surface area contributed by atoms with Crippen molar-refractivity contribution < 1.29 is 4.39 Å². The van der Waals surface area contributed by atoms with Crippen LogP contribution in [0.1, 0.15) is 51.5 Å². The number of rotatable bonds is 6. The fourth-order valence-corrected chi connectivity index (χ4v) is 4.38. The highest BCUT2D eigenvalue weighted by molar-refractivity contribution is 6.31. The van der Waals surface area contributed by atoms with Crippen LogP contribution in [0.4, 0.5) is 4.39 Å². The van der Waals surface area contributed by atoms with Crippen molar-refractivity contribution in [2.45, 2.75) is 58.4 Å². The molecule has 1 N–H and O–H groups in total. The molecule has 1 aromatic rings. The lowest BCUT2D eigenvalue weighted by Crippen LogP contribution is -2.44. The molecule has 21 heavy (non-hydrogen) atoms. The first kappa shape index (κ1) is 16.8. The highest BCUT2D eigenvalue weighted by Gasteiger charge is 2.41. The van der Waals surface area contributed by atoms with Crippen molar-refractivity contribution in [2.24, 2.45) is 11.3 Å². The normalized spacial score (nSPS) is 19.1. The number of nitrogens with one attached hydrogen (secondary N) is 1. The molecular weight excluding hydrogens is 285 g/mol. The summed E-state index contributed by atoms with van der Waals surface area (Å²) in [5, 5.41) is 4.02. The van der Waals surface area contributed by atoms with Gasteiger partial charge in [0.1, 0.15) is 5.82 Å². The van der Waals surface area contributed by atoms with Crippen LogP contribution in [0.15, 0.2) is 18.2 Å². The highest BCUT2D eigenvalue weighted by atomic mass is 35.5. The van der Waals surface area contributed by atoms with Gasteiger partial charge >= 0.3 is 0 Å². The summed E-state index contributed by atoms with van der Waals surface area (Å²) in [6, 6.07) is 5.26. The molecule has 1 aromatic carbocycles. The van der Waals surface area contributed by atoms with E-state index in [9.17, 15) is 4.39 Å². The lowest BCUT2D eigenvalue weighted by atomic mass is 9.71. The zero-order chi connectivity index (χ0) is 15.5. The molecule has 3 heteroatoms. The van der Waals surface area contributed by atoms with Gasteiger partial charge in [-0.3, -0.25) is 0 Å². The molecule has 0 amide bonds. The van der Waals surface area contributed by atoms with E-state index in [-0.39, 0.29) is 17.3 Å². The van der Waals surface area contributed by atoms with E-state index in [2.05, 4.69) is 19.2 Å². The molecule has 0 spiro atoms. The lowest BCUT2D eigenvalue weighted by molar-refractivity contribution is 0.159. The minimum Gasteiger partial charge on any atom is -0.316 e. The first-order chi connectivity index (χ1) is 9.98. The Balaban J connectivity index is 2.25. The second-order valence-electron chi connectivity index (χ2n) is 6.91. The van der Waals surface area contributed by atoms with Crippen molar-refractivity contribution in [1.29, 1.82) is 0 Å². The van der Waals surface area contributed by atoms with E-state index in [0.29, 0.717) is 22.9 Å². The van der Waals surface area contributed by atoms with E-state index in [1.807, 2.05) is 7.05 Å². The second kappa shape index (κ2) is 7.11. The first-order valence-corrected chi connectivity index (χ1v) is 8.46. The van der Waals surface area contributed by atoms with E-state index in [0.717, 1.165) is 0 Å². The third-order valence-corrected chi connectivity index (χ3v) is 5.33. The number of hydrogen-bond donors (Lipinski definition) is 1. The maximum Gasteiger partial charge on any atom is 0.127 e. The van der Waals surface area contributed by atoms with Gasteiger partial charge in [0.2, 0.25) is 0 Å². The zero-order valence-corrected chi connectivity index (χ0v) is 14.1. The number of likely N-dealkylation sites (N-methyl/N-ethyl adjacent to an activating group) is 1. The summed E-state index contributed by atoms with van der Waals surface area (Å²) in [5.41, 5.74) is 0.947. The zero-order valence-electron chi connectivity index (χ0n) is 13.4. The Morgan fingerprint density at radius 1 is 1.29 bits per heavy atom. The molecular formula is C18H27ClFN. The molecule has 118 valence electrons. The summed E-state index contributed by atoms with van der Waals surface area (Å²) in [6.07, 6.45) is 6.93. The lowest BCUT2D eigenvalue weighted by Gasteiger charge is -2.39. The van der Waals surface area contributed by atoms with E-state index in [1.165, 1.54) is 38.2 Å². The Hall–Kier alpha value is -0.600. The van der Waals surface area contributed by atoms with Crippen molar-refractivity contribution in [1.82, 2.24) is 5.32 Å². The molecule has 1 unspecified atom stereocenters. The van der Waals surface area contributed by atoms with Gasteiger partial charge in [-0.2, -0.15) is 0 Å². The van der Waals surface area contributed by atoms with Gasteiger partial charge in [0, 0.05) is 16.6 Å². The van der Waals surface area contributed by atoms with Gasteiger partial charge in [-0.1, -0.05) is 44.4 Å². The average Bonchev–Trinajstić information content (AvgIpc) is 2.87. The average molecular weight is 312 g/mol. The van der Waals surface area contributed by atoms with Crippen molar-refractivity contribution in [3.05, 3.63) is 34.6 Å². The van der Waals surface area contributed by atoms with Gasteiger partial charge in [-0.15, -0.1) is 0 Å². The molecule has 0 radical (unpaired) electrons. The summed E-state index contributed by atoms with van der Waals surface area (Å²) < 4.78 is 14.1. The van der Waals surface area contributed by atoms with Crippen LogP contribution in [0.5, 0.6) is 0 Å². The fourth-order valence-electron chi connectivity index (χ4n) is 4.14. The largest absolute Gasteiger partial charge is 0.316 e. The highest BCUT2D eigenvalue weighted by Crippen LogP contribution is 2.47. The molecule has 1 saturated carbocycles. The number of hydrogen-bond acceptors (Lipinski definition) is 1. The molecule has 0 aliphatic heterocycles. The Morgan fingerprint density at radius 3 is 2.48 bits per heavy atom. The molecule has 1 aliphatic rings. The van der Waals surface area contributed by atoms with Crippen molar-refractivity contribution in [2.75, 3.05) is 7.05 Å². The number of benzene rings is 1. The maximum atomic E-state index is 14.1. The van der Waals surface area contributed by atoms with Crippen molar-refractivity contribution >= 4 is 11.6 Å². The van der Waals surface area contributed by atoms with Gasteiger partial charge < -0.3 is 5.32 Å². The molecule has 2 rings (SSSR count). The third-order valence-electron chi connectivity index (χ3n) is 4.97. The molecule has 0 bridgehead atoms. The molecule has 0 heterocycles. The van der Waals surface area contributed by atoms with Crippen LogP contribution < -0.4 is 5.32 Å². The Labute approximate surface area is 133 Å². The van der Waals surface area contributed by atoms with Gasteiger partial charge in [-0.05, 0) is 56.2 Å². The third kappa shape index (κ3) is 3.78. The molecule has 1 aliphatic carbocycles. The van der Waals surface area contributed by atoms with Crippen LogP contribution in [0.3, 0.4) is 0 Å². The SMILES string of the molecule is CNC(Cc1c(F)cccc1Cl)C1(CC(C)C)CCCC1. The summed E-state index contributed by atoms with van der Waals surface area (Å²) in [5.74, 6) is 0.482. The minimum atomic E-state index is -0.180. The fraction of sp³-hybridized carbons (Fsp3) is 0.667. The van der Waals surface area contributed by atoms with E-state index < -0.39 is 0 Å². The maximum absolute atomic E-state index is 14.1. The van der Waals surface area contributed by atoms with Gasteiger partial charge in [0.05, 0.1) is 0 Å². The molecule has 1 nitrogen and oxygen atoms in total. The number of halogens is 2. The van der Waals surface area contributed by atoms with Gasteiger partial charge in [0.25, 0.3) is 0 Å². The van der Waals surface area contributed by atoms with E-state index in [4.69, 9.17) is 11.6 Å². The van der Waals surface area contributed by atoms with Crippen LogP contribution >= 0.6 is 11.6 Å². The van der Waals surface area contributed by atoms with Gasteiger partial charge in [0.15, 0.2) is 0 Å². The minimum absolute atomic E-state index is 0.180. The summed E-state index contributed by atoms with van der Waals surface area (Å²) in [7, 11) is 2.00. The Morgan fingerprint density at radius 2 is 1.95 bits per heavy atom. The predicted octanol–water partition coefficient (Wildman–Crippen LogP) is 5.22. The predicted molar refractivity (Wildman–Crippen MR) is 88.3 cm³/mol. The van der Waals surface area contributed by atoms with Crippen molar-refractivity contribution in [3.8, 4) is 0 Å². The summed E-state index contributed by atoms with van der Waals surface area (Å²) in [6.45, 7) is 4.56. The topological polar surface area (TPSA) is 12.0 Å². The van der Waals surface area contributed by atoms with Crippen LogP contribution in [0.2, 0.25) is 5.02 Å². The Kier molecular flexibility index (Phi) is 5.67. The van der Waals surface area contributed by atoms with Gasteiger partial charge in [-0.25, -0.2) is 4.39 Å². The molecule has 0 aromatic heterocycles. The van der Waals surface area contributed by atoms with Crippen LogP contribution in [-0.2, 0) is 6.42 Å². The van der Waals surface area contributed by atoms with Crippen LogP contribution in [0, 0.1) is 17.2 Å². The quantitative estimate of drug-likeness (QED) is 0.760. The van der Waals surface area contributed by atoms with Crippen LogP contribution in [-0.4, -0.2) is 13.1 Å². The summed E-state index contributed by atoms with van der Waals surface area (Å²) in [4.78, 5) is 0. The Bertz CT molecular complexity index is 446.